The number of amides is 3. The van der Waals surface area contributed by atoms with Crippen molar-refractivity contribution in [2.45, 2.75) is 49.8 Å². The molecular weight excluding hydrogens is 631 g/mol. The van der Waals surface area contributed by atoms with Crippen molar-refractivity contribution >= 4 is 60.9 Å². The zero-order chi connectivity index (χ0) is 32.8. The van der Waals surface area contributed by atoms with E-state index in [-0.39, 0.29) is 36.9 Å². The van der Waals surface area contributed by atoms with Gasteiger partial charge in [0.05, 0.1) is 39.3 Å². The normalized spacial score (nSPS) is 16.3. The Kier molecular flexibility index (Phi) is 10.3. The van der Waals surface area contributed by atoms with Gasteiger partial charge in [0.2, 0.25) is 15.9 Å². The average Bonchev–Trinajstić information content (AvgIpc) is 3.67. The number of aromatic nitrogens is 1. The predicted octanol–water partition coefficient (Wildman–Crippen LogP) is 3.77. The fourth-order valence-electron chi connectivity index (χ4n) is 5.23. The summed E-state index contributed by atoms with van der Waals surface area (Å²) in [5.41, 5.74) is 4.07. The number of carbonyl (C=O) groups excluding carboxylic acids is 3. The minimum atomic E-state index is -4.00. The molecule has 0 spiro atoms. The van der Waals surface area contributed by atoms with Crippen LogP contribution in [-0.2, 0) is 30.8 Å². The second kappa shape index (κ2) is 14.4. The van der Waals surface area contributed by atoms with E-state index in [1.54, 1.807) is 41.9 Å². The smallest absolute Gasteiger partial charge is 0.415 e. The van der Waals surface area contributed by atoms with Crippen molar-refractivity contribution in [1.29, 1.82) is 0 Å². The lowest BCUT2D eigenvalue weighted by atomic mass is 10.0. The van der Waals surface area contributed by atoms with Gasteiger partial charge in [-0.25, -0.2) is 18.2 Å². The molecule has 242 valence electrons. The number of rotatable bonds is 13. The Labute approximate surface area is 271 Å². The Hall–Kier alpha value is -4.37. The van der Waals surface area contributed by atoms with Crippen LogP contribution in [-0.4, -0.2) is 78.6 Å². The third kappa shape index (κ3) is 7.70. The minimum absolute atomic E-state index is 0.0917. The van der Waals surface area contributed by atoms with Gasteiger partial charge in [-0.2, -0.15) is 4.31 Å². The number of anilines is 2. The van der Waals surface area contributed by atoms with Crippen molar-refractivity contribution in [1.82, 2.24) is 14.6 Å². The van der Waals surface area contributed by atoms with Crippen LogP contribution in [0.15, 0.2) is 83.2 Å². The summed E-state index contributed by atoms with van der Waals surface area (Å²) in [7, 11) is -4.00. The number of cyclic esters (lactones) is 1. The minimum Gasteiger partial charge on any atom is -0.434 e. The number of aliphatic hydroxyl groups is 1. The second-order valence-corrected chi connectivity index (χ2v) is 13.8. The van der Waals surface area contributed by atoms with Crippen molar-refractivity contribution in [3.05, 3.63) is 83.9 Å². The maximum absolute atomic E-state index is 13.8. The van der Waals surface area contributed by atoms with Crippen molar-refractivity contribution in [2.24, 2.45) is 0 Å². The SMILES string of the molecule is CCCN(C[C@@H](O)[C@H](Cc1ccccc1)NC(=O)C1CN(c2cccc(NC(C)=O)c2)C(=O)O1)S(=O)(=O)c1ccc2ncsc2c1. The molecule has 4 aromatic rings. The summed E-state index contributed by atoms with van der Waals surface area (Å²) in [5, 5.41) is 17.0. The van der Waals surface area contributed by atoms with E-state index in [4.69, 9.17) is 4.74 Å². The van der Waals surface area contributed by atoms with Crippen LogP contribution < -0.4 is 15.5 Å². The predicted molar refractivity (Wildman–Crippen MR) is 175 cm³/mol. The Bertz CT molecular complexity index is 1820. The molecule has 1 aromatic heterocycles. The van der Waals surface area contributed by atoms with Gasteiger partial charge in [-0.3, -0.25) is 14.5 Å². The Balaban J connectivity index is 1.34. The van der Waals surface area contributed by atoms with Crippen LogP contribution in [0.1, 0.15) is 25.8 Å². The fourth-order valence-corrected chi connectivity index (χ4v) is 7.60. The highest BCUT2D eigenvalue weighted by atomic mass is 32.2. The van der Waals surface area contributed by atoms with Crippen LogP contribution in [0.4, 0.5) is 16.2 Å². The molecule has 2 heterocycles. The van der Waals surface area contributed by atoms with E-state index in [2.05, 4.69) is 15.6 Å². The highest BCUT2D eigenvalue weighted by Crippen LogP contribution is 2.26. The molecule has 12 nitrogen and oxygen atoms in total. The monoisotopic (exact) mass is 665 g/mol. The van der Waals surface area contributed by atoms with Crippen LogP contribution in [0.2, 0.25) is 0 Å². The van der Waals surface area contributed by atoms with Crippen molar-refractivity contribution < 1.29 is 32.6 Å². The fraction of sp³-hybridized carbons (Fsp3) is 0.312. The van der Waals surface area contributed by atoms with Gasteiger partial charge in [0, 0.05) is 31.4 Å². The number of nitrogens with zero attached hydrogens (tertiary/aromatic N) is 3. The summed E-state index contributed by atoms with van der Waals surface area (Å²) < 4.78 is 34.9. The van der Waals surface area contributed by atoms with Crippen molar-refractivity contribution in [2.75, 3.05) is 29.9 Å². The van der Waals surface area contributed by atoms with Gasteiger partial charge in [-0.1, -0.05) is 43.3 Å². The molecule has 1 aliphatic rings. The van der Waals surface area contributed by atoms with Gasteiger partial charge in [0.15, 0.2) is 6.10 Å². The number of nitrogens with one attached hydrogen (secondary N) is 2. The van der Waals surface area contributed by atoms with E-state index < -0.39 is 40.3 Å². The number of fused-ring (bicyclic) bond motifs is 1. The highest BCUT2D eigenvalue weighted by Gasteiger charge is 2.39. The summed E-state index contributed by atoms with van der Waals surface area (Å²) in [4.78, 5) is 43.3. The van der Waals surface area contributed by atoms with E-state index >= 15 is 0 Å². The van der Waals surface area contributed by atoms with E-state index in [9.17, 15) is 27.9 Å². The number of carbonyl (C=O) groups is 3. The lowest BCUT2D eigenvalue weighted by Gasteiger charge is -2.30. The zero-order valence-electron chi connectivity index (χ0n) is 25.3. The van der Waals surface area contributed by atoms with Gasteiger partial charge >= 0.3 is 6.09 Å². The molecule has 46 heavy (non-hydrogen) atoms. The molecule has 3 aromatic carbocycles. The lowest BCUT2D eigenvalue weighted by Crippen LogP contribution is -2.53. The van der Waals surface area contributed by atoms with E-state index in [1.807, 2.05) is 37.3 Å². The number of benzene rings is 3. The van der Waals surface area contributed by atoms with Gasteiger partial charge in [0.1, 0.15) is 0 Å². The van der Waals surface area contributed by atoms with Crippen LogP contribution in [0, 0.1) is 0 Å². The van der Waals surface area contributed by atoms with E-state index in [1.165, 1.54) is 33.5 Å². The first-order valence-electron chi connectivity index (χ1n) is 14.8. The standard InChI is InChI=1S/C32H35N5O7S2/c1-3-14-36(46(42,43)25-12-13-26-30(17-25)45-20-33-26)18-28(39)27(15-22-8-5-4-6-9-22)35-31(40)29-19-37(32(41)44-29)24-11-7-10-23(16-24)34-21(2)38/h4-13,16-17,20,27-29,39H,3,14-15,18-19H2,1-2H3,(H,34,38)(H,35,40)/t27-,28+,29?/m0/s1. The number of hydrogen-bond donors (Lipinski definition) is 3. The maximum Gasteiger partial charge on any atom is 0.415 e. The molecule has 0 aliphatic carbocycles. The molecule has 3 amide bonds. The maximum atomic E-state index is 13.8. The third-order valence-corrected chi connectivity index (χ3v) is 10.1. The van der Waals surface area contributed by atoms with Crippen molar-refractivity contribution in [3.63, 3.8) is 0 Å². The topological polar surface area (TPSA) is 158 Å². The van der Waals surface area contributed by atoms with Crippen LogP contribution in [0.25, 0.3) is 10.2 Å². The Morgan fingerprint density at radius 2 is 1.91 bits per heavy atom. The largest absolute Gasteiger partial charge is 0.434 e. The summed E-state index contributed by atoms with van der Waals surface area (Å²) in [5.74, 6) is -0.901. The second-order valence-electron chi connectivity index (χ2n) is 10.9. The Morgan fingerprint density at radius 3 is 2.65 bits per heavy atom. The molecule has 5 rings (SSSR count). The number of hydrogen-bond acceptors (Lipinski definition) is 9. The first-order valence-corrected chi connectivity index (χ1v) is 17.1. The Morgan fingerprint density at radius 1 is 1.13 bits per heavy atom. The third-order valence-electron chi connectivity index (χ3n) is 7.48. The van der Waals surface area contributed by atoms with Gasteiger partial charge in [-0.05, 0) is 54.8 Å². The van der Waals surface area contributed by atoms with Crippen LogP contribution in [0.5, 0.6) is 0 Å². The summed E-state index contributed by atoms with van der Waals surface area (Å²) in [6.45, 7) is 2.99. The lowest BCUT2D eigenvalue weighted by molar-refractivity contribution is -0.129. The number of aliphatic hydroxyl groups excluding tert-OH is 1. The van der Waals surface area contributed by atoms with Gasteiger partial charge < -0.3 is 20.5 Å². The molecule has 1 aliphatic heterocycles. The summed E-state index contributed by atoms with van der Waals surface area (Å²) in [6.07, 6.45) is -2.53. The van der Waals surface area contributed by atoms with Crippen LogP contribution >= 0.6 is 11.3 Å². The molecule has 14 heteroatoms. The molecule has 3 N–H and O–H groups in total. The molecule has 1 fully saturated rings. The quantitative estimate of drug-likeness (QED) is 0.195. The average molecular weight is 666 g/mol. The molecule has 3 atom stereocenters. The molecular formula is C32H35N5O7S2. The molecule has 1 saturated heterocycles. The van der Waals surface area contributed by atoms with Gasteiger partial charge in [-0.15, -0.1) is 11.3 Å². The molecule has 0 saturated carbocycles. The number of sulfonamides is 1. The molecule has 1 unspecified atom stereocenters. The summed E-state index contributed by atoms with van der Waals surface area (Å²) in [6, 6.07) is 19.6. The highest BCUT2D eigenvalue weighted by molar-refractivity contribution is 7.89. The van der Waals surface area contributed by atoms with E-state index in [0.717, 1.165) is 10.3 Å². The number of ether oxygens (including phenoxy) is 1. The van der Waals surface area contributed by atoms with Gasteiger partial charge in [0.25, 0.3) is 5.91 Å². The zero-order valence-corrected chi connectivity index (χ0v) is 27.0. The molecule has 0 bridgehead atoms. The van der Waals surface area contributed by atoms with Crippen molar-refractivity contribution in [3.8, 4) is 0 Å². The van der Waals surface area contributed by atoms with Crippen LogP contribution in [0.3, 0.4) is 0 Å². The summed E-state index contributed by atoms with van der Waals surface area (Å²) >= 11 is 1.34. The number of thiazole rings is 1. The van der Waals surface area contributed by atoms with E-state index in [0.29, 0.717) is 23.3 Å². The first-order chi connectivity index (χ1) is 22.0. The molecule has 0 radical (unpaired) electrons. The first kappa shape index (κ1) is 33.0.